The lowest BCUT2D eigenvalue weighted by Crippen LogP contribution is -2.41. The molecule has 1 amide bonds. The normalized spacial score (nSPS) is 16.9. The number of furan rings is 1. The second kappa shape index (κ2) is 10.3. The number of likely N-dealkylation sites (N-methyl/N-ethyl adjacent to an activating group) is 1. The summed E-state index contributed by atoms with van der Waals surface area (Å²) < 4.78 is 5.34. The predicted molar refractivity (Wildman–Crippen MR) is 135 cm³/mol. The van der Waals surface area contributed by atoms with Crippen molar-refractivity contribution in [1.29, 1.82) is 0 Å². The van der Waals surface area contributed by atoms with Crippen LogP contribution in [0.2, 0.25) is 0 Å². The Kier molecular flexibility index (Phi) is 7.22. The minimum Gasteiger partial charge on any atom is -0.503 e. The van der Waals surface area contributed by atoms with Gasteiger partial charge in [-0.15, -0.1) is 0 Å². The second-order valence-corrected chi connectivity index (χ2v) is 8.99. The number of carbonyl (C=O) groups is 2. The Balaban J connectivity index is 1.80. The van der Waals surface area contributed by atoms with Crippen molar-refractivity contribution >= 4 is 11.7 Å². The Morgan fingerprint density at radius 3 is 2.34 bits per heavy atom. The van der Waals surface area contributed by atoms with Crippen molar-refractivity contribution in [2.24, 2.45) is 0 Å². The number of aliphatic hydroxyl groups is 1. The average Bonchev–Trinajstić information content (AvgIpc) is 3.47. The zero-order chi connectivity index (χ0) is 25.1. The zero-order valence-corrected chi connectivity index (χ0v) is 20.7. The molecule has 0 saturated carbocycles. The van der Waals surface area contributed by atoms with Crippen LogP contribution in [0.3, 0.4) is 0 Å². The molecule has 6 heteroatoms. The zero-order valence-electron chi connectivity index (χ0n) is 20.7. The third-order valence-electron chi connectivity index (χ3n) is 6.74. The van der Waals surface area contributed by atoms with Crippen molar-refractivity contribution < 1.29 is 19.1 Å². The van der Waals surface area contributed by atoms with Crippen LogP contribution in [-0.2, 0) is 4.79 Å². The number of ketones is 1. The molecule has 2 atom stereocenters. The predicted octanol–water partition coefficient (Wildman–Crippen LogP) is 5.56. The first-order chi connectivity index (χ1) is 16.8. The average molecular weight is 473 g/mol. The van der Waals surface area contributed by atoms with Crippen molar-refractivity contribution in [2.75, 3.05) is 19.6 Å². The van der Waals surface area contributed by atoms with E-state index in [4.69, 9.17) is 4.42 Å². The highest BCUT2D eigenvalue weighted by molar-refractivity contribution is 6.15. The fourth-order valence-electron chi connectivity index (χ4n) is 4.87. The van der Waals surface area contributed by atoms with E-state index >= 15 is 0 Å². The van der Waals surface area contributed by atoms with Gasteiger partial charge in [0.1, 0.15) is 0 Å². The van der Waals surface area contributed by atoms with Gasteiger partial charge in [-0.1, -0.05) is 73.5 Å². The number of carbonyl (C=O) groups excluding carboxylic acids is 2. The fraction of sp³-hybridized carbons (Fsp3) is 0.310. The molecular formula is C29H32N2O4. The molecule has 2 heterocycles. The van der Waals surface area contributed by atoms with Crippen LogP contribution in [-0.4, -0.2) is 46.2 Å². The van der Waals surface area contributed by atoms with E-state index in [9.17, 15) is 14.7 Å². The van der Waals surface area contributed by atoms with Gasteiger partial charge in [0.2, 0.25) is 5.78 Å². The summed E-state index contributed by atoms with van der Waals surface area (Å²) in [5.74, 6) is -1.45. The van der Waals surface area contributed by atoms with Crippen molar-refractivity contribution in [3.63, 3.8) is 0 Å². The number of aryl methyl sites for hydroxylation is 2. The number of amides is 1. The molecular weight excluding hydrogens is 440 g/mol. The molecule has 0 bridgehead atoms. The van der Waals surface area contributed by atoms with Crippen molar-refractivity contribution in [3.8, 4) is 0 Å². The number of rotatable bonds is 9. The first-order valence-electron chi connectivity index (χ1n) is 12.0. The molecule has 182 valence electrons. The van der Waals surface area contributed by atoms with E-state index in [2.05, 4.69) is 43.0 Å². The maximum Gasteiger partial charge on any atom is 0.290 e. The van der Waals surface area contributed by atoms with Gasteiger partial charge in [0, 0.05) is 6.54 Å². The highest BCUT2D eigenvalue weighted by atomic mass is 16.3. The smallest absolute Gasteiger partial charge is 0.290 e. The van der Waals surface area contributed by atoms with E-state index in [0.29, 0.717) is 6.54 Å². The largest absolute Gasteiger partial charge is 0.503 e. The van der Waals surface area contributed by atoms with E-state index in [-0.39, 0.29) is 17.4 Å². The number of hydrogen-bond donors (Lipinski definition) is 1. The van der Waals surface area contributed by atoms with E-state index in [1.807, 2.05) is 38.1 Å². The lowest BCUT2D eigenvalue weighted by molar-refractivity contribution is -0.130. The summed E-state index contributed by atoms with van der Waals surface area (Å²) in [5, 5.41) is 11.0. The van der Waals surface area contributed by atoms with Crippen LogP contribution >= 0.6 is 0 Å². The molecule has 2 unspecified atom stereocenters. The molecule has 3 aromatic rings. The van der Waals surface area contributed by atoms with Crippen LogP contribution < -0.4 is 0 Å². The van der Waals surface area contributed by atoms with Crippen molar-refractivity contribution in [2.45, 2.75) is 39.8 Å². The summed E-state index contributed by atoms with van der Waals surface area (Å²) in [4.78, 5) is 30.8. The Morgan fingerprint density at radius 1 is 1.03 bits per heavy atom. The maximum absolute atomic E-state index is 13.5. The Hall–Kier alpha value is -3.64. The van der Waals surface area contributed by atoms with E-state index in [1.165, 1.54) is 6.26 Å². The summed E-state index contributed by atoms with van der Waals surface area (Å²) in [6, 6.07) is 18.4. The molecule has 0 spiro atoms. The lowest BCUT2D eigenvalue weighted by atomic mass is 9.93. The van der Waals surface area contributed by atoms with Crippen LogP contribution in [0.25, 0.3) is 0 Å². The van der Waals surface area contributed by atoms with Gasteiger partial charge in [-0.25, -0.2) is 0 Å². The van der Waals surface area contributed by atoms with E-state index < -0.39 is 23.5 Å². The standard InChI is InChI=1S/C29H32N2O4/c1-5-30(6-2)23(21-14-12-19(3)13-15-21)18-31-26(22-10-7-9-20(4)17-22)25(28(33)29(31)34)27(32)24-11-8-16-35-24/h7-17,23,26,33H,5-6,18H2,1-4H3. The first kappa shape index (κ1) is 24.5. The monoisotopic (exact) mass is 472 g/mol. The summed E-state index contributed by atoms with van der Waals surface area (Å²) in [6.45, 7) is 10.1. The van der Waals surface area contributed by atoms with Gasteiger partial charge in [0.25, 0.3) is 5.91 Å². The SMILES string of the molecule is CCN(CC)C(CN1C(=O)C(O)=C(C(=O)c2ccco2)C1c1cccc(C)c1)c1ccc(C)cc1. The van der Waals surface area contributed by atoms with E-state index in [0.717, 1.165) is 35.3 Å². The highest BCUT2D eigenvalue weighted by Gasteiger charge is 2.45. The van der Waals surface area contributed by atoms with Crippen LogP contribution in [0.15, 0.2) is 82.7 Å². The molecule has 4 rings (SSSR count). The number of hydrogen-bond acceptors (Lipinski definition) is 5. The first-order valence-corrected chi connectivity index (χ1v) is 12.0. The van der Waals surface area contributed by atoms with Gasteiger partial charge in [0.15, 0.2) is 11.5 Å². The van der Waals surface area contributed by atoms with Crippen molar-refractivity contribution in [1.82, 2.24) is 9.80 Å². The molecule has 1 aliphatic heterocycles. The summed E-state index contributed by atoms with van der Waals surface area (Å²) in [6.07, 6.45) is 1.41. The van der Waals surface area contributed by atoms with Gasteiger partial charge in [-0.3, -0.25) is 14.5 Å². The van der Waals surface area contributed by atoms with Crippen LogP contribution in [0.1, 0.15) is 58.7 Å². The Morgan fingerprint density at radius 2 is 1.74 bits per heavy atom. The third kappa shape index (κ3) is 4.80. The van der Waals surface area contributed by atoms with Crippen LogP contribution in [0, 0.1) is 13.8 Å². The summed E-state index contributed by atoms with van der Waals surface area (Å²) in [5.41, 5.74) is 4.08. The van der Waals surface area contributed by atoms with Crippen molar-refractivity contribution in [3.05, 3.63) is 106 Å². The molecule has 0 fully saturated rings. The van der Waals surface area contributed by atoms with E-state index in [1.54, 1.807) is 17.0 Å². The third-order valence-corrected chi connectivity index (χ3v) is 6.74. The molecule has 0 aliphatic carbocycles. The van der Waals surface area contributed by atoms with Crippen LogP contribution in [0.5, 0.6) is 0 Å². The quantitative estimate of drug-likeness (QED) is 0.413. The number of Topliss-reactive ketones (excluding diaryl/α,β-unsaturated/α-hetero) is 1. The molecule has 0 radical (unpaired) electrons. The van der Waals surface area contributed by atoms with Gasteiger partial charge in [-0.2, -0.15) is 0 Å². The molecule has 0 saturated heterocycles. The Labute approximate surface area is 206 Å². The molecule has 1 aliphatic rings. The second-order valence-electron chi connectivity index (χ2n) is 8.99. The Bertz CT molecular complexity index is 1220. The van der Waals surface area contributed by atoms with Gasteiger partial charge < -0.3 is 14.4 Å². The number of benzene rings is 2. The number of nitrogens with zero attached hydrogens (tertiary/aromatic N) is 2. The van der Waals surface area contributed by atoms with Gasteiger partial charge in [0.05, 0.1) is 23.9 Å². The van der Waals surface area contributed by atoms with Gasteiger partial charge >= 0.3 is 0 Å². The fourth-order valence-corrected chi connectivity index (χ4v) is 4.87. The molecule has 2 aromatic carbocycles. The highest BCUT2D eigenvalue weighted by Crippen LogP contribution is 2.41. The molecule has 35 heavy (non-hydrogen) atoms. The minimum absolute atomic E-state index is 0.0535. The molecule has 1 N–H and O–H groups in total. The number of aliphatic hydroxyl groups excluding tert-OH is 1. The molecule has 1 aromatic heterocycles. The maximum atomic E-state index is 13.5. The lowest BCUT2D eigenvalue weighted by Gasteiger charge is -2.36. The van der Waals surface area contributed by atoms with Crippen LogP contribution in [0.4, 0.5) is 0 Å². The summed E-state index contributed by atoms with van der Waals surface area (Å²) >= 11 is 0. The summed E-state index contributed by atoms with van der Waals surface area (Å²) in [7, 11) is 0. The minimum atomic E-state index is -0.719. The topological polar surface area (TPSA) is 74.0 Å². The molecule has 6 nitrogen and oxygen atoms in total. The van der Waals surface area contributed by atoms with Gasteiger partial charge in [-0.05, 0) is 50.2 Å².